The molecule has 0 fully saturated rings. The van der Waals surface area contributed by atoms with Gasteiger partial charge in [0.2, 0.25) is 0 Å². The fourth-order valence-electron chi connectivity index (χ4n) is 1.25. The molecule has 68 valence electrons. The lowest BCUT2D eigenvalue weighted by Crippen LogP contribution is -2.32. The van der Waals surface area contributed by atoms with Crippen LogP contribution in [0.3, 0.4) is 0 Å². The minimum absolute atomic E-state index is 0.401. The van der Waals surface area contributed by atoms with E-state index in [9.17, 15) is 0 Å². The summed E-state index contributed by atoms with van der Waals surface area (Å²) in [6.45, 7) is 4.71. The summed E-state index contributed by atoms with van der Waals surface area (Å²) in [5.74, 6) is 0. The van der Waals surface area contributed by atoms with Gasteiger partial charge in [-0.15, -0.1) is 11.6 Å². The van der Waals surface area contributed by atoms with Crippen molar-refractivity contribution in [2.75, 3.05) is 11.7 Å². The van der Waals surface area contributed by atoms with E-state index in [1.165, 1.54) is 5.56 Å². The predicted octanol–water partition coefficient (Wildman–Crippen LogP) is 2.06. The van der Waals surface area contributed by atoms with E-state index in [0.717, 1.165) is 12.2 Å². The SMILES string of the molecule is C=CCOON1Cc2ccccc21. The van der Waals surface area contributed by atoms with Crippen LogP contribution in [-0.2, 0) is 16.4 Å². The van der Waals surface area contributed by atoms with Gasteiger partial charge in [0.1, 0.15) is 6.61 Å². The number of hydrogen-bond acceptors (Lipinski definition) is 3. The number of anilines is 1. The topological polar surface area (TPSA) is 21.7 Å². The Morgan fingerprint density at radius 1 is 1.46 bits per heavy atom. The zero-order valence-corrected chi connectivity index (χ0v) is 7.27. The van der Waals surface area contributed by atoms with Crippen LogP contribution in [-0.4, -0.2) is 6.61 Å². The van der Waals surface area contributed by atoms with Crippen LogP contribution >= 0.6 is 0 Å². The number of hydrogen-bond donors (Lipinski definition) is 0. The highest BCUT2D eigenvalue weighted by atomic mass is 17.3. The minimum Gasteiger partial charge on any atom is -0.218 e. The number of benzene rings is 1. The van der Waals surface area contributed by atoms with Crippen LogP contribution in [0.1, 0.15) is 5.56 Å². The summed E-state index contributed by atoms with van der Waals surface area (Å²) in [5, 5.41) is 1.71. The molecule has 3 nitrogen and oxygen atoms in total. The van der Waals surface area contributed by atoms with Crippen molar-refractivity contribution in [2.45, 2.75) is 6.54 Å². The Kier molecular flexibility index (Phi) is 2.29. The maximum Gasteiger partial charge on any atom is 0.103 e. The van der Waals surface area contributed by atoms with Crippen LogP contribution in [0.25, 0.3) is 0 Å². The van der Waals surface area contributed by atoms with Crippen LogP contribution in [0, 0.1) is 0 Å². The Morgan fingerprint density at radius 3 is 3.08 bits per heavy atom. The number of fused-ring (bicyclic) bond motifs is 1. The lowest BCUT2D eigenvalue weighted by atomic mass is 10.1. The quantitative estimate of drug-likeness (QED) is 0.304. The van der Waals surface area contributed by atoms with Crippen molar-refractivity contribution < 1.29 is 9.88 Å². The molecule has 1 aromatic carbocycles. The van der Waals surface area contributed by atoms with Gasteiger partial charge in [0, 0.05) is 0 Å². The molecule has 0 saturated carbocycles. The molecule has 1 heterocycles. The predicted molar refractivity (Wildman–Crippen MR) is 49.9 cm³/mol. The third-order valence-corrected chi connectivity index (χ3v) is 1.90. The summed E-state index contributed by atoms with van der Waals surface area (Å²) in [6, 6.07) is 8.06. The summed E-state index contributed by atoms with van der Waals surface area (Å²) < 4.78 is 0. The lowest BCUT2D eigenvalue weighted by Gasteiger charge is -2.32. The molecule has 3 heteroatoms. The van der Waals surface area contributed by atoms with E-state index in [0.29, 0.717) is 6.61 Å². The fourth-order valence-corrected chi connectivity index (χ4v) is 1.25. The monoisotopic (exact) mass is 177 g/mol. The van der Waals surface area contributed by atoms with Crippen LogP contribution < -0.4 is 5.06 Å². The van der Waals surface area contributed by atoms with Crippen molar-refractivity contribution >= 4 is 5.69 Å². The molecule has 1 aliphatic heterocycles. The molecule has 1 aromatic rings. The van der Waals surface area contributed by atoms with Crippen molar-refractivity contribution in [3.63, 3.8) is 0 Å². The normalized spacial score (nSPS) is 13.4. The molecule has 0 saturated heterocycles. The van der Waals surface area contributed by atoms with Gasteiger partial charge in [0.25, 0.3) is 0 Å². The van der Waals surface area contributed by atoms with Gasteiger partial charge in [0.15, 0.2) is 0 Å². The van der Waals surface area contributed by atoms with Crippen molar-refractivity contribution in [3.05, 3.63) is 42.5 Å². The number of hydroxylamine groups is 1. The Bertz CT molecular complexity index is 312. The summed E-state index contributed by atoms with van der Waals surface area (Å²) in [5.41, 5.74) is 2.36. The minimum atomic E-state index is 0.401. The van der Waals surface area contributed by atoms with Gasteiger partial charge in [-0.1, -0.05) is 24.3 Å². The Hall–Kier alpha value is -1.32. The van der Waals surface area contributed by atoms with Crippen LogP contribution in [0.5, 0.6) is 0 Å². The molecule has 0 atom stereocenters. The zero-order chi connectivity index (χ0) is 9.10. The Morgan fingerprint density at radius 2 is 2.31 bits per heavy atom. The summed E-state index contributed by atoms with van der Waals surface area (Å²) in [7, 11) is 0. The first-order chi connectivity index (χ1) is 6.42. The van der Waals surface area contributed by atoms with Gasteiger partial charge in [-0.05, 0) is 11.6 Å². The van der Waals surface area contributed by atoms with Gasteiger partial charge < -0.3 is 0 Å². The summed E-state index contributed by atoms with van der Waals surface area (Å²) in [6.07, 6.45) is 1.64. The molecule has 2 rings (SSSR count). The third kappa shape index (κ3) is 1.56. The average Bonchev–Trinajstić information content (AvgIpc) is 2.13. The molecule has 0 N–H and O–H groups in total. The molecule has 0 radical (unpaired) electrons. The third-order valence-electron chi connectivity index (χ3n) is 1.90. The second-order valence-corrected chi connectivity index (χ2v) is 2.81. The summed E-state index contributed by atoms with van der Waals surface area (Å²) in [4.78, 5) is 9.86. The van der Waals surface area contributed by atoms with Gasteiger partial charge in [0.05, 0.1) is 12.2 Å². The molecule has 13 heavy (non-hydrogen) atoms. The first kappa shape index (κ1) is 8.29. The maximum absolute atomic E-state index is 5.01. The number of para-hydroxylation sites is 1. The second kappa shape index (κ2) is 3.60. The van der Waals surface area contributed by atoms with Gasteiger partial charge in [-0.3, -0.25) is 0 Å². The first-order valence-electron chi connectivity index (χ1n) is 4.18. The smallest absolute Gasteiger partial charge is 0.103 e. The van der Waals surface area contributed by atoms with Gasteiger partial charge in [-0.25, -0.2) is 9.95 Å². The fraction of sp³-hybridized carbons (Fsp3) is 0.200. The molecule has 0 aliphatic carbocycles. The average molecular weight is 177 g/mol. The van der Waals surface area contributed by atoms with Crippen LogP contribution in [0.15, 0.2) is 36.9 Å². The first-order valence-corrected chi connectivity index (χ1v) is 4.18. The molecule has 1 aliphatic rings. The van der Waals surface area contributed by atoms with E-state index in [2.05, 4.69) is 12.6 Å². The largest absolute Gasteiger partial charge is 0.218 e. The number of rotatable bonds is 4. The zero-order valence-electron chi connectivity index (χ0n) is 7.27. The van der Waals surface area contributed by atoms with Crippen LogP contribution in [0.4, 0.5) is 5.69 Å². The van der Waals surface area contributed by atoms with E-state index in [-0.39, 0.29) is 0 Å². The lowest BCUT2D eigenvalue weighted by molar-refractivity contribution is -0.301. The second-order valence-electron chi connectivity index (χ2n) is 2.81. The van der Waals surface area contributed by atoms with E-state index < -0.39 is 0 Å². The maximum atomic E-state index is 5.01. The molecule has 0 unspecified atom stereocenters. The molecule has 0 aromatic heterocycles. The highest BCUT2D eigenvalue weighted by molar-refractivity contribution is 5.59. The Labute approximate surface area is 77.1 Å². The van der Waals surface area contributed by atoms with E-state index in [4.69, 9.17) is 9.88 Å². The molecular weight excluding hydrogens is 166 g/mol. The van der Waals surface area contributed by atoms with Crippen molar-refractivity contribution in [1.29, 1.82) is 0 Å². The number of nitrogens with zero attached hydrogens (tertiary/aromatic N) is 1. The van der Waals surface area contributed by atoms with E-state index in [1.54, 1.807) is 11.1 Å². The summed E-state index contributed by atoms with van der Waals surface area (Å²) >= 11 is 0. The standard InChI is InChI=1S/C10H11NO2/c1-2-7-12-13-11-8-9-5-3-4-6-10(9)11/h2-6H,1,7-8H2. The molecule has 0 bridgehead atoms. The highest BCUT2D eigenvalue weighted by Gasteiger charge is 2.23. The molecule has 0 spiro atoms. The Balaban J connectivity index is 1.90. The van der Waals surface area contributed by atoms with Crippen molar-refractivity contribution in [1.82, 2.24) is 0 Å². The molecule has 0 amide bonds. The van der Waals surface area contributed by atoms with E-state index in [1.807, 2.05) is 18.2 Å². The highest BCUT2D eigenvalue weighted by Crippen LogP contribution is 2.32. The van der Waals surface area contributed by atoms with Crippen LogP contribution in [0.2, 0.25) is 0 Å². The van der Waals surface area contributed by atoms with Gasteiger partial charge >= 0.3 is 0 Å². The van der Waals surface area contributed by atoms with E-state index >= 15 is 0 Å². The van der Waals surface area contributed by atoms with Crippen molar-refractivity contribution in [3.8, 4) is 0 Å². The van der Waals surface area contributed by atoms with Crippen molar-refractivity contribution in [2.24, 2.45) is 0 Å². The van der Waals surface area contributed by atoms with Gasteiger partial charge in [-0.2, -0.15) is 0 Å². The molecular formula is C10H11NO2.